The van der Waals surface area contributed by atoms with Gasteiger partial charge in [0.1, 0.15) is 0 Å². The number of methoxy groups -OCH3 is 1. The first kappa shape index (κ1) is 13.8. The summed E-state index contributed by atoms with van der Waals surface area (Å²) in [6, 6.07) is -0.139. The normalized spacial score (nSPS) is 8.00. The first-order valence-electron chi connectivity index (χ1n) is 4.32. The predicted octanol–water partition coefficient (Wildman–Crippen LogP) is 0.978. The third kappa shape index (κ3) is 12.0. The summed E-state index contributed by atoms with van der Waals surface area (Å²) in [7, 11) is 1.60. The van der Waals surface area contributed by atoms with Gasteiger partial charge in [-0.1, -0.05) is 13.8 Å². The van der Waals surface area contributed by atoms with E-state index in [1.807, 2.05) is 20.8 Å². The topological polar surface area (TPSA) is 50.4 Å². The highest BCUT2D eigenvalue weighted by molar-refractivity contribution is 5.73. The van der Waals surface area contributed by atoms with Crippen molar-refractivity contribution in [1.29, 1.82) is 0 Å². The fourth-order valence-corrected chi connectivity index (χ4v) is 0.490. The quantitative estimate of drug-likeness (QED) is 0.627. The Morgan fingerprint density at radius 2 is 1.92 bits per heavy atom. The van der Waals surface area contributed by atoms with Crippen molar-refractivity contribution in [2.45, 2.75) is 20.8 Å². The second-order valence-corrected chi connectivity index (χ2v) is 1.78. The molecule has 0 atom stereocenters. The van der Waals surface area contributed by atoms with Gasteiger partial charge in [0.2, 0.25) is 0 Å². The zero-order valence-corrected chi connectivity index (χ0v) is 8.44. The molecule has 0 unspecified atom stereocenters. The number of urea groups is 1. The van der Waals surface area contributed by atoms with Crippen LogP contribution in [0.1, 0.15) is 20.8 Å². The van der Waals surface area contributed by atoms with Gasteiger partial charge in [0.05, 0.1) is 6.61 Å². The molecule has 0 fully saturated rings. The Bertz CT molecular complexity index is 97.1. The van der Waals surface area contributed by atoms with E-state index in [4.69, 9.17) is 4.74 Å². The van der Waals surface area contributed by atoms with E-state index in [0.717, 1.165) is 0 Å². The van der Waals surface area contributed by atoms with Crippen LogP contribution in [0, 0.1) is 0 Å². The molecule has 0 bridgehead atoms. The van der Waals surface area contributed by atoms with E-state index in [-0.39, 0.29) is 6.03 Å². The van der Waals surface area contributed by atoms with Crippen LogP contribution < -0.4 is 10.6 Å². The number of rotatable bonds is 4. The fraction of sp³-hybridized carbons (Fsp3) is 0.875. The predicted molar refractivity (Wildman–Crippen MR) is 50.3 cm³/mol. The highest BCUT2D eigenvalue weighted by Gasteiger charge is 1.93. The van der Waals surface area contributed by atoms with Gasteiger partial charge in [0.15, 0.2) is 0 Å². The summed E-state index contributed by atoms with van der Waals surface area (Å²) in [5.74, 6) is 0. The molecule has 4 nitrogen and oxygen atoms in total. The summed E-state index contributed by atoms with van der Waals surface area (Å²) in [5.41, 5.74) is 0. The van der Waals surface area contributed by atoms with Crippen molar-refractivity contribution in [2.24, 2.45) is 0 Å². The van der Waals surface area contributed by atoms with Crippen molar-refractivity contribution in [3.8, 4) is 0 Å². The Labute approximate surface area is 74.7 Å². The van der Waals surface area contributed by atoms with Gasteiger partial charge in [-0.2, -0.15) is 0 Å². The molecule has 2 N–H and O–H groups in total. The minimum Gasteiger partial charge on any atom is -0.383 e. The average Bonchev–Trinajstić information content (AvgIpc) is 2.09. The van der Waals surface area contributed by atoms with Crippen molar-refractivity contribution in [1.82, 2.24) is 10.6 Å². The number of carbonyl (C=O) groups excluding carboxylic acids is 1. The minimum absolute atomic E-state index is 0.139. The fourth-order valence-electron chi connectivity index (χ4n) is 0.490. The number of ether oxygens (including phenoxy) is 1. The maximum atomic E-state index is 10.6. The zero-order valence-electron chi connectivity index (χ0n) is 8.44. The highest BCUT2D eigenvalue weighted by Crippen LogP contribution is 1.66. The second-order valence-electron chi connectivity index (χ2n) is 1.78. The Hall–Kier alpha value is -0.770. The van der Waals surface area contributed by atoms with E-state index in [1.165, 1.54) is 0 Å². The number of hydrogen-bond donors (Lipinski definition) is 2. The zero-order chi connectivity index (χ0) is 9.82. The van der Waals surface area contributed by atoms with Crippen LogP contribution in [0.3, 0.4) is 0 Å². The molecule has 2 amide bonds. The van der Waals surface area contributed by atoms with Crippen LogP contribution in [0.15, 0.2) is 0 Å². The number of hydrogen-bond acceptors (Lipinski definition) is 2. The summed E-state index contributed by atoms with van der Waals surface area (Å²) < 4.78 is 4.73. The molecule has 0 rings (SSSR count). The van der Waals surface area contributed by atoms with Crippen LogP contribution in [0.2, 0.25) is 0 Å². The van der Waals surface area contributed by atoms with Gasteiger partial charge in [-0.05, 0) is 6.92 Å². The van der Waals surface area contributed by atoms with Crippen LogP contribution in [-0.4, -0.2) is 32.8 Å². The third-order valence-electron chi connectivity index (χ3n) is 0.929. The molecule has 0 saturated carbocycles. The molecule has 0 heterocycles. The first-order valence-corrected chi connectivity index (χ1v) is 4.32. The minimum atomic E-state index is -0.139. The molecule has 12 heavy (non-hydrogen) atoms. The molecule has 0 radical (unpaired) electrons. The molecule has 0 saturated heterocycles. The number of nitrogens with one attached hydrogen (secondary N) is 2. The van der Waals surface area contributed by atoms with Crippen molar-refractivity contribution < 1.29 is 9.53 Å². The van der Waals surface area contributed by atoms with E-state index >= 15 is 0 Å². The van der Waals surface area contributed by atoms with Crippen LogP contribution >= 0.6 is 0 Å². The van der Waals surface area contributed by atoms with E-state index < -0.39 is 0 Å². The number of amides is 2. The SMILES string of the molecule is CC.CCNC(=O)NCCOC. The van der Waals surface area contributed by atoms with Gasteiger partial charge in [-0.25, -0.2) is 4.79 Å². The van der Waals surface area contributed by atoms with Crippen molar-refractivity contribution in [3.05, 3.63) is 0 Å². The van der Waals surface area contributed by atoms with Crippen molar-refractivity contribution >= 4 is 6.03 Å². The highest BCUT2D eigenvalue weighted by atomic mass is 16.5. The molecular formula is C8H20N2O2. The van der Waals surface area contributed by atoms with E-state index in [0.29, 0.717) is 19.7 Å². The largest absolute Gasteiger partial charge is 0.383 e. The lowest BCUT2D eigenvalue weighted by atomic mass is 10.6. The molecule has 4 heteroatoms. The van der Waals surface area contributed by atoms with Crippen LogP contribution in [0.4, 0.5) is 4.79 Å². The van der Waals surface area contributed by atoms with E-state index in [1.54, 1.807) is 7.11 Å². The molecule has 0 aliphatic rings. The number of carbonyl (C=O) groups is 1. The average molecular weight is 176 g/mol. The smallest absolute Gasteiger partial charge is 0.314 e. The molecule has 0 aliphatic heterocycles. The van der Waals surface area contributed by atoms with E-state index in [9.17, 15) is 4.79 Å². The summed E-state index contributed by atoms with van der Waals surface area (Å²) in [6.45, 7) is 7.63. The van der Waals surface area contributed by atoms with Gasteiger partial charge in [-0.15, -0.1) is 0 Å². The van der Waals surface area contributed by atoms with Crippen molar-refractivity contribution in [3.63, 3.8) is 0 Å². The Kier molecular flexibility index (Phi) is 14.8. The van der Waals surface area contributed by atoms with Crippen LogP contribution in [0.5, 0.6) is 0 Å². The summed E-state index contributed by atoms with van der Waals surface area (Å²) >= 11 is 0. The summed E-state index contributed by atoms with van der Waals surface area (Å²) in [5, 5.41) is 5.21. The second kappa shape index (κ2) is 12.9. The Morgan fingerprint density at radius 3 is 2.33 bits per heavy atom. The molecule has 0 aromatic carbocycles. The van der Waals surface area contributed by atoms with Crippen molar-refractivity contribution in [2.75, 3.05) is 26.8 Å². The summed E-state index contributed by atoms with van der Waals surface area (Å²) in [4.78, 5) is 10.6. The lowest BCUT2D eigenvalue weighted by Crippen LogP contribution is -2.36. The van der Waals surface area contributed by atoms with Gasteiger partial charge in [-0.3, -0.25) is 0 Å². The Morgan fingerprint density at radius 1 is 1.33 bits per heavy atom. The maximum Gasteiger partial charge on any atom is 0.314 e. The van der Waals surface area contributed by atoms with Crippen LogP contribution in [-0.2, 0) is 4.74 Å². The lowest BCUT2D eigenvalue weighted by molar-refractivity contribution is 0.196. The molecular weight excluding hydrogens is 156 g/mol. The molecule has 0 aromatic heterocycles. The maximum absolute atomic E-state index is 10.6. The van der Waals surface area contributed by atoms with Gasteiger partial charge in [0, 0.05) is 20.2 Å². The molecule has 0 spiro atoms. The molecule has 74 valence electrons. The van der Waals surface area contributed by atoms with Crippen LogP contribution in [0.25, 0.3) is 0 Å². The molecule has 0 aliphatic carbocycles. The monoisotopic (exact) mass is 176 g/mol. The van der Waals surface area contributed by atoms with E-state index in [2.05, 4.69) is 10.6 Å². The Balaban J connectivity index is 0. The van der Waals surface area contributed by atoms with Gasteiger partial charge >= 0.3 is 6.03 Å². The van der Waals surface area contributed by atoms with Gasteiger partial charge < -0.3 is 15.4 Å². The molecule has 0 aromatic rings. The lowest BCUT2D eigenvalue weighted by Gasteiger charge is -2.03. The summed E-state index contributed by atoms with van der Waals surface area (Å²) in [6.07, 6.45) is 0. The standard InChI is InChI=1S/C6H14N2O2.C2H6/c1-3-7-6(9)8-4-5-10-2;1-2/h3-5H2,1-2H3,(H2,7,8,9);1-2H3. The van der Waals surface area contributed by atoms with Gasteiger partial charge in [0.25, 0.3) is 0 Å². The first-order chi connectivity index (χ1) is 5.81. The third-order valence-corrected chi connectivity index (χ3v) is 0.929.